The molecule has 2 fully saturated rings. The molecule has 1 aromatic rings. The fourth-order valence-corrected chi connectivity index (χ4v) is 7.39. The van der Waals surface area contributed by atoms with Crippen LogP contribution in [0.3, 0.4) is 0 Å². The first kappa shape index (κ1) is 40.5. The number of alkyl carbamates (subject to hydrolysis) is 1. The molecule has 15 heteroatoms. The Hall–Kier alpha value is -3.30. The number of hydrogen-bond donors (Lipinski definition) is 3. The summed E-state index contributed by atoms with van der Waals surface area (Å²) in [5, 5.41) is 14.4. The molecule has 4 aliphatic rings. The quantitative estimate of drug-likeness (QED) is 0.258. The number of thiol groups is 1. The molecule has 4 heterocycles. The van der Waals surface area contributed by atoms with Gasteiger partial charge in [-0.15, -0.1) is 0 Å². The molecule has 0 aliphatic carbocycles. The largest absolute Gasteiger partial charge is 0.495 e. The van der Waals surface area contributed by atoms with Crippen molar-refractivity contribution < 1.29 is 48.0 Å². The van der Waals surface area contributed by atoms with E-state index in [0.29, 0.717) is 30.0 Å². The molecule has 1 aromatic carbocycles. The Morgan fingerprint density at radius 2 is 1.92 bits per heavy atom. The van der Waals surface area contributed by atoms with Crippen LogP contribution in [0.4, 0.5) is 10.5 Å². The summed E-state index contributed by atoms with van der Waals surface area (Å²) in [6, 6.07) is 2.61. The number of ether oxygens (including phenoxy) is 5. The fourth-order valence-electron chi connectivity index (χ4n) is 6.92. The third-order valence-corrected chi connectivity index (χ3v) is 10.7. The number of nitrogens with one attached hydrogen (secondary N) is 1. The lowest BCUT2D eigenvalue weighted by Gasteiger charge is -2.59. The second kappa shape index (κ2) is 16.2. The van der Waals surface area contributed by atoms with Crippen LogP contribution in [0.2, 0.25) is 5.02 Å². The molecule has 282 valence electrons. The van der Waals surface area contributed by atoms with Crippen molar-refractivity contribution in [1.82, 2.24) is 10.2 Å². The molecule has 2 saturated heterocycles. The van der Waals surface area contributed by atoms with Gasteiger partial charge in [0.15, 0.2) is 5.72 Å². The summed E-state index contributed by atoms with van der Waals surface area (Å²) >= 11 is 10.9. The minimum absolute atomic E-state index is 0.0939. The molecule has 4 aliphatic heterocycles. The summed E-state index contributed by atoms with van der Waals surface area (Å²) < 4.78 is 29.4. The molecule has 0 spiro atoms. The number of likely N-dealkylation sites (N-methyl/N-ethyl adjacent to an activating group) is 1. The Bertz CT molecular complexity index is 1560. The molecule has 13 nitrogen and oxygen atoms in total. The highest BCUT2D eigenvalue weighted by molar-refractivity contribution is 7.80. The zero-order valence-electron chi connectivity index (χ0n) is 30.5. The Labute approximate surface area is 310 Å². The zero-order valence-corrected chi connectivity index (χ0v) is 32.1. The minimum atomic E-state index is -1.85. The summed E-state index contributed by atoms with van der Waals surface area (Å²) in [7, 11) is 6.00. The van der Waals surface area contributed by atoms with Gasteiger partial charge in [-0.25, -0.2) is 9.59 Å². The van der Waals surface area contributed by atoms with Crippen molar-refractivity contribution in [2.75, 3.05) is 39.0 Å². The second-order valence-electron chi connectivity index (χ2n) is 14.0. The first-order valence-electron chi connectivity index (χ1n) is 16.9. The number of rotatable bonds is 8. The van der Waals surface area contributed by atoms with E-state index in [0.717, 1.165) is 11.1 Å². The van der Waals surface area contributed by atoms with Crippen LogP contribution >= 0.6 is 24.2 Å². The minimum Gasteiger partial charge on any atom is -0.495 e. The molecule has 3 amide bonds. The molecule has 2 N–H and O–H groups in total. The number of methoxy groups -OCH3 is 2. The summed E-state index contributed by atoms with van der Waals surface area (Å²) in [5.41, 5.74) is -2.11. The number of allylic oxidation sites excluding steroid dienone is 3. The van der Waals surface area contributed by atoms with Gasteiger partial charge in [0.2, 0.25) is 11.8 Å². The average Bonchev–Trinajstić information content (AvgIpc) is 3.06. The van der Waals surface area contributed by atoms with Crippen molar-refractivity contribution in [2.45, 2.75) is 108 Å². The molecular formula is C36H50ClN3O10S. The van der Waals surface area contributed by atoms with E-state index in [4.69, 9.17) is 35.3 Å². The van der Waals surface area contributed by atoms with Crippen LogP contribution in [0, 0.1) is 0 Å². The van der Waals surface area contributed by atoms with E-state index in [1.54, 1.807) is 52.1 Å². The number of esters is 1. The van der Waals surface area contributed by atoms with E-state index >= 15 is 0 Å². The number of amides is 3. The maximum Gasteiger partial charge on any atom is 0.409 e. The molecular weight excluding hydrogens is 702 g/mol. The van der Waals surface area contributed by atoms with Crippen molar-refractivity contribution >= 4 is 53.8 Å². The number of fused-ring (bicyclic) bond motifs is 6. The summed E-state index contributed by atoms with van der Waals surface area (Å²) in [4.78, 5) is 56.0. The Balaban J connectivity index is 1.76. The number of aliphatic hydroxyl groups is 1. The standard InChI is InChI=1S/C36H50ClN3O10S/c1-21-11-9-12-26(47-8)36(45)19-28(49-33(44)38-36)35(4)20-34(3,50-35)27(48-32(43)22(2)39(5)29(41)13-10-14-51)18-30(42)40(6)24-16-23(15-21)17-25(46-7)31(24)37/h9,11-12,16-17,22,26-28,45,51H,10,13-15,18-20H2,1-8H3,(H,38,44)/b12-9+,21-11+/t22-,26+,27-,28?,34+,35?,36-/m0/s1. The molecule has 2 unspecified atom stereocenters. The normalized spacial score (nSPS) is 31.9. The van der Waals surface area contributed by atoms with E-state index < -0.39 is 59.3 Å². The Kier molecular flexibility index (Phi) is 12.8. The predicted molar refractivity (Wildman–Crippen MR) is 194 cm³/mol. The number of halogens is 1. The van der Waals surface area contributed by atoms with E-state index in [2.05, 4.69) is 17.9 Å². The second-order valence-corrected chi connectivity index (χ2v) is 14.8. The topological polar surface area (TPSA) is 153 Å². The highest BCUT2D eigenvalue weighted by Gasteiger charge is 2.63. The summed E-state index contributed by atoms with van der Waals surface area (Å²) in [6.07, 6.45) is 2.33. The van der Waals surface area contributed by atoms with E-state index in [-0.39, 0.29) is 36.6 Å². The van der Waals surface area contributed by atoms with E-state index in [1.807, 2.05) is 13.0 Å². The molecule has 0 saturated carbocycles. The van der Waals surface area contributed by atoms with Gasteiger partial charge in [0.25, 0.3) is 0 Å². The van der Waals surface area contributed by atoms with Gasteiger partial charge in [-0.2, -0.15) is 12.6 Å². The molecule has 6 bridgehead atoms. The van der Waals surface area contributed by atoms with Crippen LogP contribution in [0.15, 0.2) is 35.9 Å². The van der Waals surface area contributed by atoms with Gasteiger partial charge < -0.3 is 38.6 Å². The number of carbonyl (C=O) groups excluding carboxylic acids is 4. The maximum atomic E-state index is 14.1. The fraction of sp³-hybridized carbons (Fsp3) is 0.611. The number of anilines is 1. The highest BCUT2D eigenvalue weighted by atomic mass is 35.5. The lowest BCUT2D eigenvalue weighted by atomic mass is 9.72. The SMILES string of the molecule is COc1cc2cc(c1Cl)N(C)C(=O)C[C@H](OC(=O)[C@H](C)N(C)C(=O)CCCS)[C@@]1(C)CC(C)(O1)C1C[C@@](O)(NC(=O)O1)[C@H](OC)/C=C/C=C(\C)C2. The summed E-state index contributed by atoms with van der Waals surface area (Å²) in [6.45, 7) is 6.90. The first-order valence-corrected chi connectivity index (χ1v) is 17.9. The highest BCUT2D eigenvalue weighted by Crippen LogP contribution is 2.50. The Morgan fingerprint density at radius 3 is 2.55 bits per heavy atom. The van der Waals surface area contributed by atoms with Gasteiger partial charge in [0, 0.05) is 40.5 Å². The van der Waals surface area contributed by atoms with Gasteiger partial charge in [-0.05, 0) is 64.0 Å². The van der Waals surface area contributed by atoms with Crippen molar-refractivity contribution in [1.29, 1.82) is 0 Å². The predicted octanol–water partition coefficient (Wildman–Crippen LogP) is 4.37. The zero-order chi connectivity index (χ0) is 37.9. The van der Waals surface area contributed by atoms with Crippen molar-refractivity contribution in [3.8, 4) is 5.75 Å². The van der Waals surface area contributed by atoms with Crippen LogP contribution in [-0.4, -0.2) is 109 Å². The number of hydrogen-bond acceptors (Lipinski definition) is 11. The molecule has 0 aromatic heterocycles. The van der Waals surface area contributed by atoms with E-state index in [1.165, 1.54) is 31.1 Å². The Morgan fingerprint density at radius 1 is 1.24 bits per heavy atom. The first-order chi connectivity index (χ1) is 23.9. The third-order valence-electron chi connectivity index (χ3n) is 9.99. The van der Waals surface area contributed by atoms with Crippen LogP contribution in [0.5, 0.6) is 5.75 Å². The van der Waals surface area contributed by atoms with Gasteiger partial charge in [0.1, 0.15) is 46.3 Å². The number of nitrogens with zero attached hydrogens (tertiary/aromatic N) is 2. The lowest BCUT2D eigenvalue weighted by Crippen LogP contribution is -2.72. The van der Waals surface area contributed by atoms with Crippen LogP contribution in [0.25, 0.3) is 0 Å². The number of benzene rings is 1. The van der Waals surface area contributed by atoms with Gasteiger partial charge in [-0.3, -0.25) is 14.9 Å². The number of carbonyl (C=O) groups is 4. The molecule has 7 atom stereocenters. The van der Waals surface area contributed by atoms with Gasteiger partial charge in [-0.1, -0.05) is 35.4 Å². The lowest BCUT2D eigenvalue weighted by molar-refractivity contribution is -0.328. The van der Waals surface area contributed by atoms with Gasteiger partial charge >= 0.3 is 12.1 Å². The molecule has 51 heavy (non-hydrogen) atoms. The third kappa shape index (κ3) is 8.85. The summed E-state index contributed by atoms with van der Waals surface area (Å²) in [5.74, 6) is -0.518. The van der Waals surface area contributed by atoms with Crippen LogP contribution < -0.4 is 15.0 Å². The van der Waals surface area contributed by atoms with Crippen LogP contribution in [0.1, 0.15) is 65.4 Å². The molecule has 5 rings (SSSR count). The average molecular weight is 752 g/mol. The maximum absolute atomic E-state index is 14.1. The molecule has 0 radical (unpaired) electrons. The van der Waals surface area contributed by atoms with E-state index in [9.17, 15) is 24.3 Å². The smallest absolute Gasteiger partial charge is 0.409 e. The van der Waals surface area contributed by atoms with Crippen LogP contribution in [-0.2, 0) is 39.8 Å². The van der Waals surface area contributed by atoms with Crippen molar-refractivity contribution in [3.63, 3.8) is 0 Å². The van der Waals surface area contributed by atoms with Crippen molar-refractivity contribution in [3.05, 3.63) is 46.5 Å². The van der Waals surface area contributed by atoms with Crippen molar-refractivity contribution in [2.24, 2.45) is 0 Å². The van der Waals surface area contributed by atoms with Gasteiger partial charge in [0.05, 0.1) is 19.2 Å². The monoisotopic (exact) mass is 751 g/mol.